The molecule has 0 spiro atoms. The summed E-state index contributed by atoms with van der Waals surface area (Å²) < 4.78 is 0. The molecule has 1 aliphatic heterocycles. The van der Waals surface area contributed by atoms with Crippen LogP contribution in [0.3, 0.4) is 0 Å². The number of hydrogen-bond acceptors (Lipinski definition) is 3. The molecular weight excluding hydrogens is 309 g/mol. The van der Waals surface area contributed by atoms with Gasteiger partial charge in [-0.3, -0.25) is 4.79 Å². The summed E-state index contributed by atoms with van der Waals surface area (Å²) in [6.45, 7) is 6.93. The van der Waals surface area contributed by atoms with Crippen LogP contribution in [0.1, 0.15) is 13.8 Å². The molecule has 0 radical (unpaired) electrons. The minimum Gasteiger partial charge on any atom is -0.367 e. The summed E-state index contributed by atoms with van der Waals surface area (Å²) in [6, 6.07) is 7.41. The summed E-state index contributed by atoms with van der Waals surface area (Å²) in [5.41, 5.74) is 6.97. The van der Waals surface area contributed by atoms with E-state index in [1.165, 1.54) is 0 Å². The average molecular weight is 332 g/mol. The highest BCUT2D eigenvalue weighted by molar-refractivity contribution is 6.33. The molecule has 1 aliphatic rings. The van der Waals surface area contributed by atoms with Gasteiger partial charge in [-0.1, -0.05) is 37.6 Å². The Morgan fingerprint density at radius 2 is 1.76 bits per heavy atom. The van der Waals surface area contributed by atoms with E-state index in [0.717, 1.165) is 23.8 Å². The zero-order chi connectivity index (χ0) is 14.7. The molecule has 1 atom stereocenters. The Hall–Kier alpha value is -0.970. The summed E-state index contributed by atoms with van der Waals surface area (Å²) in [6.07, 6.45) is 0. The van der Waals surface area contributed by atoms with Crippen LogP contribution < -0.4 is 10.6 Å². The van der Waals surface area contributed by atoms with Crippen molar-refractivity contribution in [3.63, 3.8) is 0 Å². The SMILES string of the molecule is CC(C)C(N)C(=O)N1CCN(c2ccccc2Cl)CC1.Cl. The van der Waals surface area contributed by atoms with Gasteiger partial charge in [0.05, 0.1) is 16.8 Å². The highest BCUT2D eigenvalue weighted by atomic mass is 35.5. The van der Waals surface area contributed by atoms with Crippen LogP contribution in [-0.2, 0) is 4.79 Å². The monoisotopic (exact) mass is 331 g/mol. The lowest BCUT2D eigenvalue weighted by atomic mass is 10.0. The molecule has 4 nitrogen and oxygen atoms in total. The van der Waals surface area contributed by atoms with Crippen molar-refractivity contribution < 1.29 is 4.79 Å². The summed E-state index contributed by atoms with van der Waals surface area (Å²) in [5.74, 6) is 0.225. The summed E-state index contributed by atoms with van der Waals surface area (Å²) >= 11 is 6.21. The average Bonchev–Trinajstić information content (AvgIpc) is 2.46. The second-order valence-corrected chi connectivity index (χ2v) is 5.94. The van der Waals surface area contributed by atoms with Gasteiger partial charge in [-0.15, -0.1) is 12.4 Å². The lowest BCUT2D eigenvalue weighted by Crippen LogP contribution is -2.54. The molecule has 0 aromatic heterocycles. The number of carbonyl (C=O) groups is 1. The van der Waals surface area contributed by atoms with Crippen molar-refractivity contribution in [3.05, 3.63) is 29.3 Å². The number of amides is 1. The van der Waals surface area contributed by atoms with E-state index in [1.807, 2.05) is 43.0 Å². The van der Waals surface area contributed by atoms with Crippen LogP contribution >= 0.6 is 24.0 Å². The fourth-order valence-electron chi connectivity index (χ4n) is 2.37. The van der Waals surface area contributed by atoms with Gasteiger partial charge in [0.15, 0.2) is 0 Å². The van der Waals surface area contributed by atoms with E-state index in [4.69, 9.17) is 17.3 Å². The van der Waals surface area contributed by atoms with Crippen LogP contribution in [0.4, 0.5) is 5.69 Å². The first-order valence-corrected chi connectivity index (χ1v) is 7.42. The lowest BCUT2D eigenvalue weighted by Gasteiger charge is -2.37. The number of para-hydroxylation sites is 1. The number of halogens is 2. The number of nitrogens with two attached hydrogens (primary N) is 1. The number of hydrogen-bond donors (Lipinski definition) is 1. The molecule has 1 amide bonds. The molecule has 21 heavy (non-hydrogen) atoms. The normalized spacial score (nSPS) is 16.6. The van der Waals surface area contributed by atoms with Crippen LogP contribution in [-0.4, -0.2) is 43.0 Å². The highest BCUT2D eigenvalue weighted by Gasteiger charge is 2.27. The number of nitrogens with zero attached hydrogens (tertiary/aromatic N) is 2. The predicted molar refractivity (Wildman–Crippen MR) is 90.3 cm³/mol. The molecule has 1 aromatic rings. The van der Waals surface area contributed by atoms with E-state index in [-0.39, 0.29) is 24.2 Å². The number of rotatable bonds is 3. The molecule has 1 heterocycles. The first-order valence-electron chi connectivity index (χ1n) is 7.04. The fraction of sp³-hybridized carbons (Fsp3) is 0.533. The van der Waals surface area contributed by atoms with Gasteiger partial charge in [-0.25, -0.2) is 0 Å². The Labute approximate surface area is 137 Å². The Morgan fingerprint density at radius 1 is 1.19 bits per heavy atom. The number of piperazine rings is 1. The smallest absolute Gasteiger partial charge is 0.239 e. The molecular formula is C15H23Cl2N3O. The Balaban J connectivity index is 0.00000220. The topological polar surface area (TPSA) is 49.6 Å². The van der Waals surface area contributed by atoms with Crippen molar-refractivity contribution in [2.75, 3.05) is 31.1 Å². The van der Waals surface area contributed by atoms with Gasteiger partial charge >= 0.3 is 0 Å². The summed E-state index contributed by atoms with van der Waals surface area (Å²) in [5, 5.41) is 0.756. The molecule has 6 heteroatoms. The van der Waals surface area contributed by atoms with Crippen LogP contribution in [0, 0.1) is 5.92 Å². The summed E-state index contributed by atoms with van der Waals surface area (Å²) in [7, 11) is 0. The van der Waals surface area contributed by atoms with E-state index >= 15 is 0 Å². The van der Waals surface area contributed by atoms with Crippen molar-refractivity contribution in [2.24, 2.45) is 11.7 Å². The van der Waals surface area contributed by atoms with Crippen LogP contribution in [0.5, 0.6) is 0 Å². The van der Waals surface area contributed by atoms with E-state index in [1.54, 1.807) is 0 Å². The third kappa shape index (κ3) is 4.25. The van der Waals surface area contributed by atoms with Gasteiger partial charge in [0.2, 0.25) is 5.91 Å². The number of carbonyl (C=O) groups excluding carboxylic acids is 1. The molecule has 0 bridgehead atoms. The molecule has 1 fully saturated rings. The molecule has 0 saturated carbocycles. The van der Waals surface area contributed by atoms with E-state index in [0.29, 0.717) is 13.1 Å². The first-order chi connectivity index (χ1) is 9.50. The van der Waals surface area contributed by atoms with E-state index < -0.39 is 6.04 Å². The number of benzene rings is 1. The first kappa shape index (κ1) is 18.1. The van der Waals surface area contributed by atoms with Crippen LogP contribution in [0.2, 0.25) is 5.02 Å². The maximum Gasteiger partial charge on any atom is 0.239 e. The quantitative estimate of drug-likeness (QED) is 0.925. The standard InChI is InChI=1S/C15H22ClN3O.ClH/c1-11(2)14(17)15(20)19-9-7-18(8-10-19)13-6-4-3-5-12(13)16;/h3-6,11,14H,7-10,17H2,1-2H3;1H. The maximum absolute atomic E-state index is 12.2. The predicted octanol–water partition coefficient (Wildman–Crippen LogP) is 2.39. The molecule has 1 aromatic carbocycles. The van der Waals surface area contributed by atoms with Gasteiger partial charge in [-0.05, 0) is 18.1 Å². The molecule has 0 aliphatic carbocycles. The number of anilines is 1. The second kappa shape index (κ2) is 7.87. The third-order valence-corrected chi connectivity index (χ3v) is 4.11. The van der Waals surface area contributed by atoms with Crippen molar-refractivity contribution in [1.82, 2.24) is 4.90 Å². The van der Waals surface area contributed by atoms with Crippen molar-refractivity contribution >= 4 is 35.6 Å². The van der Waals surface area contributed by atoms with Crippen molar-refractivity contribution in [1.29, 1.82) is 0 Å². The zero-order valence-corrected chi connectivity index (χ0v) is 14.0. The van der Waals surface area contributed by atoms with E-state index in [2.05, 4.69) is 4.90 Å². The largest absolute Gasteiger partial charge is 0.367 e. The van der Waals surface area contributed by atoms with Crippen molar-refractivity contribution in [3.8, 4) is 0 Å². The minimum absolute atomic E-state index is 0. The molecule has 1 unspecified atom stereocenters. The van der Waals surface area contributed by atoms with Crippen molar-refractivity contribution in [2.45, 2.75) is 19.9 Å². The highest BCUT2D eigenvalue weighted by Crippen LogP contribution is 2.26. The van der Waals surface area contributed by atoms with Crippen LogP contribution in [0.25, 0.3) is 0 Å². The molecule has 2 N–H and O–H groups in total. The Kier molecular flexibility index (Phi) is 6.78. The zero-order valence-electron chi connectivity index (χ0n) is 12.5. The minimum atomic E-state index is -0.401. The van der Waals surface area contributed by atoms with Gasteiger partial charge in [0.25, 0.3) is 0 Å². The Morgan fingerprint density at radius 3 is 2.29 bits per heavy atom. The lowest BCUT2D eigenvalue weighted by molar-refractivity contribution is -0.133. The fourth-order valence-corrected chi connectivity index (χ4v) is 2.63. The molecule has 2 rings (SSSR count). The third-order valence-electron chi connectivity index (χ3n) is 3.79. The second-order valence-electron chi connectivity index (χ2n) is 5.53. The van der Waals surface area contributed by atoms with E-state index in [9.17, 15) is 4.79 Å². The molecule has 118 valence electrons. The maximum atomic E-state index is 12.2. The van der Waals surface area contributed by atoms with Gasteiger partial charge < -0.3 is 15.5 Å². The van der Waals surface area contributed by atoms with Gasteiger partial charge in [-0.2, -0.15) is 0 Å². The van der Waals surface area contributed by atoms with Gasteiger partial charge in [0.1, 0.15) is 0 Å². The summed E-state index contributed by atoms with van der Waals surface area (Å²) in [4.78, 5) is 16.3. The Bertz CT molecular complexity index is 474. The molecule has 1 saturated heterocycles. The van der Waals surface area contributed by atoms with Crippen LogP contribution in [0.15, 0.2) is 24.3 Å². The van der Waals surface area contributed by atoms with Gasteiger partial charge in [0, 0.05) is 26.2 Å².